The molecule has 7 heteroatoms. The van der Waals surface area contributed by atoms with Crippen LogP contribution in [-0.2, 0) is 0 Å². The Labute approximate surface area is 123 Å². The Hall–Kier alpha value is -2.70. The summed E-state index contributed by atoms with van der Waals surface area (Å²) in [5.41, 5.74) is 3.48. The molecular formula is C15H11F4N3. The van der Waals surface area contributed by atoms with Crippen molar-refractivity contribution in [2.75, 3.05) is 0 Å². The third kappa shape index (κ3) is 2.98. The third-order valence-electron chi connectivity index (χ3n) is 2.90. The summed E-state index contributed by atoms with van der Waals surface area (Å²) in [5.74, 6) is -0.589. The Kier molecular flexibility index (Phi) is 4.25. The van der Waals surface area contributed by atoms with Crippen molar-refractivity contribution in [2.45, 2.75) is 6.18 Å². The van der Waals surface area contributed by atoms with E-state index in [4.69, 9.17) is 5.73 Å². The van der Waals surface area contributed by atoms with Gasteiger partial charge in [0, 0.05) is 28.7 Å². The quantitative estimate of drug-likeness (QED) is 0.528. The molecular weight excluding hydrogens is 298 g/mol. The molecule has 114 valence electrons. The van der Waals surface area contributed by atoms with Gasteiger partial charge in [-0.3, -0.25) is 4.98 Å². The van der Waals surface area contributed by atoms with E-state index in [9.17, 15) is 17.6 Å². The Morgan fingerprint density at radius 3 is 2.55 bits per heavy atom. The first-order valence-corrected chi connectivity index (χ1v) is 6.11. The molecule has 0 aliphatic rings. The molecule has 0 saturated carbocycles. The maximum Gasteiger partial charge on any atom is 0.434 e. The maximum absolute atomic E-state index is 13.7. The monoisotopic (exact) mass is 309 g/mol. The highest BCUT2D eigenvalue weighted by Gasteiger charge is 2.37. The van der Waals surface area contributed by atoms with E-state index in [0.29, 0.717) is 0 Å². The molecule has 3 nitrogen and oxygen atoms in total. The number of pyridine rings is 1. The predicted octanol–water partition coefficient (Wildman–Crippen LogP) is 4.04. The van der Waals surface area contributed by atoms with Crippen LogP contribution in [0.4, 0.5) is 23.2 Å². The highest BCUT2D eigenvalue weighted by atomic mass is 19.4. The fourth-order valence-electron chi connectivity index (χ4n) is 1.89. The number of allylic oxidation sites excluding steroid dienone is 2. The lowest BCUT2D eigenvalue weighted by atomic mass is 10.1. The largest absolute Gasteiger partial charge is 0.434 e. The van der Waals surface area contributed by atoms with Crippen molar-refractivity contribution in [1.82, 2.24) is 4.98 Å². The molecule has 0 aliphatic heterocycles. The second-order valence-corrected chi connectivity index (χ2v) is 4.28. The van der Waals surface area contributed by atoms with Crippen molar-refractivity contribution >= 4 is 22.2 Å². The summed E-state index contributed by atoms with van der Waals surface area (Å²) < 4.78 is 53.1. The zero-order valence-electron chi connectivity index (χ0n) is 11.2. The molecule has 22 heavy (non-hydrogen) atoms. The van der Waals surface area contributed by atoms with Gasteiger partial charge in [-0.1, -0.05) is 24.8 Å². The van der Waals surface area contributed by atoms with Crippen LogP contribution in [0, 0.1) is 5.82 Å². The second-order valence-electron chi connectivity index (χ2n) is 4.28. The number of fused-ring (bicyclic) bond motifs is 1. The summed E-state index contributed by atoms with van der Waals surface area (Å²) in [7, 11) is 0. The van der Waals surface area contributed by atoms with Gasteiger partial charge >= 0.3 is 6.18 Å². The number of halogens is 4. The molecule has 0 radical (unpaired) electrons. The fourth-order valence-corrected chi connectivity index (χ4v) is 1.89. The topological polar surface area (TPSA) is 51.3 Å². The lowest BCUT2D eigenvalue weighted by Crippen LogP contribution is -2.24. The summed E-state index contributed by atoms with van der Waals surface area (Å²) in [6.45, 7) is 3.28. The maximum atomic E-state index is 13.7. The van der Waals surface area contributed by atoms with E-state index < -0.39 is 17.7 Å². The van der Waals surface area contributed by atoms with Crippen LogP contribution in [-0.4, -0.2) is 16.9 Å². The molecule has 2 N–H and O–H groups in total. The van der Waals surface area contributed by atoms with Crippen molar-refractivity contribution in [3.8, 4) is 0 Å². The van der Waals surface area contributed by atoms with Crippen LogP contribution in [0.5, 0.6) is 0 Å². The van der Waals surface area contributed by atoms with Crippen LogP contribution in [0.25, 0.3) is 10.8 Å². The number of rotatable bonds is 3. The minimum Gasteiger partial charge on any atom is -0.404 e. The molecule has 1 heterocycles. The number of aliphatic imine (C=N–C) groups is 1. The van der Waals surface area contributed by atoms with Crippen LogP contribution >= 0.6 is 0 Å². The van der Waals surface area contributed by atoms with Gasteiger partial charge in [0.05, 0.1) is 11.9 Å². The van der Waals surface area contributed by atoms with Gasteiger partial charge in [0.15, 0.2) is 5.71 Å². The van der Waals surface area contributed by atoms with E-state index in [-0.39, 0.29) is 22.0 Å². The summed E-state index contributed by atoms with van der Waals surface area (Å²) in [6.07, 6.45) is -0.673. The van der Waals surface area contributed by atoms with Gasteiger partial charge < -0.3 is 5.73 Å². The lowest BCUT2D eigenvalue weighted by Gasteiger charge is -2.12. The van der Waals surface area contributed by atoms with Gasteiger partial charge in [-0.25, -0.2) is 9.38 Å². The first kappa shape index (κ1) is 15.7. The molecule has 0 spiro atoms. The van der Waals surface area contributed by atoms with Crippen LogP contribution < -0.4 is 5.73 Å². The average molecular weight is 309 g/mol. The molecule has 1 aromatic carbocycles. The van der Waals surface area contributed by atoms with Gasteiger partial charge in [-0.15, -0.1) is 0 Å². The Balaban J connectivity index is 2.73. The molecule has 0 amide bonds. The van der Waals surface area contributed by atoms with Crippen molar-refractivity contribution in [1.29, 1.82) is 0 Å². The number of alkyl halides is 3. The first-order valence-electron chi connectivity index (χ1n) is 6.11. The normalized spacial score (nSPS) is 13.5. The molecule has 2 aromatic rings. The Bertz CT molecular complexity index is 776. The van der Waals surface area contributed by atoms with Gasteiger partial charge in [0.1, 0.15) is 5.82 Å². The van der Waals surface area contributed by atoms with Crippen molar-refractivity contribution in [3.63, 3.8) is 0 Å². The smallest absolute Gasteiger partial charge is 0.404 e. The van der Waals surface area contributed by atoms with E-state index in [1.54, 1.807) is 0 Å². The van der Waals surface area contributed by atoms with Crippen LogP contribution in [0.2, 0.25) is 0 Å². The first-order chi connectivity index (χ1) is 10.4. The highest BCUT2D eigenvalue weighted by molar-refractivity contribution is 6.09. The number of hydrogen-bond acceptors (Lipinski definition) is 3. The van der Waals surface area contributed by atoms with E-state index in [1.165, 1.54) is 24.4 Å². The molecule has 0 unspecified atom stereocenters. The highest BCUT2D eigenvalue weighted by Crippen LogP contribution is 2.30. The van der Waals surface area contributed by atoms with E-state index in [2.05, 4.69) is 16.6 Å². The van der Waals surface area contributed by atoms with Gasteiger partial charge in [-0.2, -0.15) is 13.2 Å². The summed E-state index contributed by atoms with van der Waals surface area (Å²) in [6, 6.07) is 4.04. The van der Waals surface area contributed by atoms with Crippen molar-refractivity contribution in [3.05, 3.63) is 60.8 Å². The minimum absolute atomic E-state index is 0.0853. The minimum atomic E-state index is -4.74. The predicted molar refractivity (Wildman–Crippen MR) is 77.3 cm³/mol. The standard InChI is InChI=1S/C15H11F4N3/c1-2-9(6-20)14(15(17,18)19)22-13-8-21-7-11-10(13)4-3-5-12(11)16/h2-8H,1,20H2. The molecule has 1 aromatic heterocycles. The summed E-state index contributed by atoms with van der Waals surface area (Å²) in [5, 5.41) is 0.305. The van der Waals surface area contributed by atoms with Gasteiger partial charge in [-0.05, 0) is 6.07 Å². The number of benzene rings is 1. The van der Waals surface area contributed by atoms with E-state index in [0.717, 1.165) is 18.5 Å². The third-order valence-corrected chi connectivity index (χ3v) is 2.90. The van der Waals surface area contributed by atoms with Crippen molar-refractivity contribution in [2.24, 2.45) is 10.7 Å². The number of nitrogens with zero attached hydrogens (tertiary/aromatic N) is 2. The SMILES string of the molecule is C=CC(=CN)C(=Nc1cncc2c(F)cccc12)C(F)(F)F. The van der Waals surface area contributed by atoms with Crippen molar-refractivity contribution < 1.29 is 17.6 Å². The van der Waals surface area contributed by atoms with E-state index in [1.807, 2.05) is 0 Å². The lowest BCUT2D eigenvalue weighted by molar-refractivity contribution is -0.0580. The molecule has 0 saturated heterocycles. The zero-order valence-corrected chi connectivity index (χ0v) is 11.2. The van der Waals surface area contributed by atoms with Crippen LogP contribution in [0.3, 0.4) is 0 Å². The summed E-state index contributed by atoms with van der Waals surface area (Å²) >= 11 is 0. The fraction of sp³-hybridized carbons (Fsp3) is 0.0667. The Morgan fingerprint density at radius 2 is 1.95 bits per heavy atom. The zero-order chi connectivity index (χ0) is 16.3. The molecule has 2 rings (SSSR count). The second kappa shape index (κ2) is 5.97. The average Bonchev–Trinajstić information content (AvgIpc) is 2.47. The molecule has 0 atom stereocenters. The molecule has 0 aliphatic carbocycles. The van der Waals surface area contributed by atoms with Gasteiger partial charge in [0.25, 0.3) is 0 Å². The summed E-state index contributed by atoms with van der Waals surface area (Å²) in [4.78, 5) is 7.31. The number of nitrogens with two attached hydrogens (primary N) is 1. The number of aromatic nitrogens is 1. The van der Waals surface area contributed by atoms with Crippen LogP contribution in [0.15, 0.2) is 60.0 Å². The van der Waals surface area contributed by atoms with E-state index >= 15 is 0 Å². The molecule has 0 fully saturated rings. The molecule has 0 bridgehead atoms. The Morgan fingerprint density at radius 1 is 1.23 bits per heavy atom. The van der Waals surface area contributed by atoms with Crippen LogP contribution in [0.1, 0.15) is 0 Å². The van der Waals surface area contributed by atoms with Gasteiger partial charge in [0.2, 0.25) is 0 Å². The number of hydrogen-bond donors (Lipinski definition) is 1.